The first-order chi connectivity index (χ1) is 17.6. The van der Waals surface area contributed by atoms with Gasteiger partial charge in [0.25, 0.3) is 10.0 Å². The molecule has 0 unspecified atom stereocenters. The number of urea groups is 1. The van der Waals surface area contributed by atoms with Gasteiger partial charge >= 0.3 is 6.03 Å². The number of anilines is 1. The molecule has 1 aromatic heterocycles. The van der Waals surface area contributed by atoms with Gasteiger partial charge in [-0.05, 0) is 41.6 Å². The standard InChI is InChI=1S/C27H26N4O5S/c1-18-8-6-7-11-24(18)37(35,36)30-27(34)29-23(14-19-9-4-3-5-10-19)26(33)31(2)22-13-12-20-16-25(32)28-17-21(20)15-22/h3-13,15-17,23H,14H2,1-2H3,(H,28,32)(H2,29,30,34)/t23-/m0/s1. The number of amides is 3. The fourth-order valence-electron chi connectivity index (χ4n) is 3.99. The summed E-state index contributed by atoms with van der Waals surface area (Å²) in [4.78, 5) is 41.9. The number of nitrogens with zero attached hydrogens (tertiary/aromatic N) is 1. The third-order valence-electron chi connectivity index (χ3n) is 5.94. The summed E-state index contributed by atoms with van der Waals surface area (Å²) in [5.41, 5.74) is 1.57. The van der Waals surface area contributed by atoms with Crippen LogP contribution in [0.25, 0.3) is 10.8 Å². The summed E-state index contributed by atoms with van der Waals surface area (Å²) in [6.45, 7) is 1.63. The molecule has 3 N–H and O–H groups in total. The second-order valence-electron chi connectivity index (χ2n) is 8.59. The Bertz CT molecular complexity index is 1620. The predicted octanol–water partition coefficient (Wildman–Crippen LogP) is 3.10. The van der Waals surface area contributed by atoms with Gasteiger partial charge in [0.2, 0.25) is 11.5 Å². The molecule has 0 aliphatic rings. The van der Waals surface area contributed by atoms with E-state index >= 15 is 0 Å². The number of fused-ring (bicyclic) bond motifs is 1. The minimum absolute atomic E-state index is 0.0255. The topological polar surface area (TPSA) is 128 Å². The summed E-state index contributed by atoms with van der Waals surface area (Å²) in [6.07, 6.45) is 1.70. The van der Waals surface area contributed by atoms with Crippen LogP contribution in [0.1, 0.15) is 11.1 Å². The Morgan fingerprint density at radius 3 is 2.38 bits per heavy atom. The van der Waals surface area contributed by atoms with Crippen molar-refractivity contribution in [2.75, 3.05) is 11.9 Å². The summed E-state index contributed by atoms with van der Waals surface area (Å²) in [5, 5.41) is 3.98. The van der Waals surface area contributed by atoms with Crippen molar-refractivity contribution in [3.05, 3.63) is 107 Å². The molecule has 0 fully saturated rings. The zero-order valence-corrected chi connectivity index (χ0v) is 21.1. The van der Waals surface area contributed by atoms with Gasteiger partial charge < -0.3 is 15.2 Å². The average Bonchev–Trinajstić information content (AvgIpc) is 2.87. The van der Waals surface area contributed by atoms with E-state index in [1.165, 1.54) is 17.0 Å². The van der Waals surface area contributed by atoms with Gasteiger partial charge in [-0.3, -0.25) is 9.59 Å². The van der Waals surface area contributed by atoms with Gasteiger partial charge in [0, 0.05) is 36.8 Å². The first kappa shape index (κ1) is 25.6. The highest BCUT2D eigenvalue weighted by atomic mass is 32.2. The molecule has 0 spiro atoms. The van der Waals surface area contributed by atoms with Crippen LogP contribution in [0.5, 0.6) is 0 Å². The minimum atomic E-state index is -4.15. The van der Waals surface area contributed by atoms with Gasteiger partial charge in [-0.1, -0.05) is 54.6 Å². The van der Waals surface area contributed by atoms with E-state index in [1.54, 1.807) is 56.6 Å². The number of aryl methyl sites for hydroxylation is 1. The van der Waals surface area contributed by atoms with Crippen molar-refractivity contribution >= 4 is 38.4 Å². The molecule has 10 heteroatoms. The van der Waals surface area contributed by atoms with Gasteiger partial charge in [-0.2, -0.15) is 0 Å². The molecule has 3 aromatic carbocycles. The normalized spacial score (nSPS) is 12.1. The average molecular weight is 519 g/mol. The highest BCUT2D eigenvalue weighted by Crippen LogP contribution is 2.21. The molecule has 0 bridgehead atoms. The molecule has 0 radical (unpaired) electrons. The highest BCUT2D eigenvalue weighted by Gasteiger charge is 2.28. The number of rotatable bonds is 7. The van der Waals surface area contributed by atoms with Crippen molar-refractivity contribution in [2.45, 2.75) is 24.3 Å². The lowest BCUT2D eigenvalue weighted by Gasteiger charge is -2.25. The summed E-state index contributed by atoms with van der Waals surface area (Å²) in [6, 6.07) is 19.9. The maximum absolute atomic E-state index is 13.5. The molecule has 0 saturated heterocycles. The Kier molecular flexibility index (Phi) is 7.40. The Labute approximate surface area is 214 Å². The van der Waals surface area contributed by atoms with Crippen molar-refractivity contribution in [2.24, 2.45) is 0 Å². The third kappa shape index (κ3) is 6.04. The molecule has 1 heterocycles. The van der Waals surface area contributed by atoms with Gasteiger partial charge in [-0.25, -0.2) is 17.9 Å². The number of aromatic nitrogens is 1. The van der Waals surface area contributed by atoms with Gasteiger partial charge in [-0.15, -0.1) is 0 Å². The van der Waals surface area contributed by atoms with Crippen LogP contribution in [-0.4, -0.2) is 38.4 Å². The number of sulfonamides is 1. The van der Waals surface area contributed by atoms with Crippen LogP contribution in [-0.2, 0) is 21.2 Å². The van der Waals surface area contributed by atoms with Crippen LogP contribution in [0.2, 0.25) is 0 Å². The van der Waals surface area contributed by atoms with Crippen LogP contribution < -0.4 is 20.5 Å². The van der Waals surface area contributed by atoms with Gasteiger partial charge in [0.1, 0.15) is 6.04 Å². The van der Waals surface area contributed by atoms with Crippen molar-refractivity contribution in [1.82, 2.24) is 15.0 Å². The Morgan fingerprint density at radius 2 is 1.65 bits per heavy atom. The fourth-order valence-corrected chi connectivity index (χ4v) is 5.16. The van der Waals surface area contributed by atoms with Gasteiger partial charge in [0.15, 0.2) is 0 Å². The number of hydrogen-bond acceptors (Lipinski definition) is 5. The number of aromatic amines is 1. The monoisotopic (exact) mass is 518 g/mol. The van der Waals surface area contributed by atoms with E-state index in [9.17, 15) is 22.8 Å². The smallest absolute Gasteiger partial charge is 0.328 e. The van der Waals surface area contributed by atoms with E-state index in [4.69, 9.17) is 0 Å². The maximum atomic E-state index is 13.5. The molecule has 0 aliphatic carbocycles. The van der Waals surface area contributed by atoms with Crippen molar-refractivity contribution in [3.8, 4) is 0 Å². The Hall–Kier alpha value is -4.44. The van der Waals surface area contributed by atoms with Crippen molar-refractivity contribution in [3.63, 3.8) is 0 Å². The van der Waals surface area contributed by atoms with Crippen LogP contribution in [0.4, 0.5) is 10.5 Å². The van der Waals surface area contributed by atoms with E-state index in [1.807, 2.05) is 35.1 Å². The van der Waals surface area contributed by atoms with Crippen molar-refractivity contribution in [1.29, 1.82) is 0 Å². The molecule has 4 aromatic rings. The largest absolute Gasteiger partial charge is 0.329 e. The van der Waals surface area contributed by atoms with Crippen LogP contribution in [0, 0.1) is 6.92 Å². The van der Waals surface area contributed by atoms with Crippen molar-refractivity contribution < 1.29 is 18.0 Å². The lowest BCUT2D eigenvalue weighted by molar-refractivity contribution is -0.120. The number of carbonyl (C=O) groups excluding carboxylic acids is 2. The molecular formula is C27H26N4O5S. The van der Waals surface area contributed by atoms with E-state index < -0.39 is 28.0 Å². The number of likely N-dealkylation sites (N-methyl/N-ethyl adjacent to an activating group) is 1. The minimum Gasteiger partial charge on any atom is -0.328 e. The van der Waals surface area contributed by atoms with E-state index in [0.717, 1.165) is 10.9 Å². The molecule has 0 saturated carbocycles. The first-order valence-electron chi connectivity index (χ1n) is 11.5. The zero-order valence-electron chi connectivity index (χ0n) is 20.3. The number of carbonyl (C=O) groups is 2. The molecule has 3 amide bonds. The second kappa shape index (κ2) is 10.7. The molecule has 37 heavy (non-hydrogen) atoms. The Morgan fingerprint density at radius 1 is 0.946 bits per heavy atom. The van der Waals surface area contributed by atoms with Crippen LogP contribution in [0.15, 0.2) is 94.7 Å². The summed E-state index contributed by atoms with van der Waals surface area (Å²) in [5.74, 6) is -0.448. The SMILES string of the molecule is Cc1ccccc1S(=O)(=O)NC(=O)N[C@@H](Cc1ccccc1)C(=O)N(C)c1ccc2cc(=O)[nH]cc2c1. The molecule has 1 atom stereocenters. The predicted molar refractivity (Wildman–Crippen MR) is 142 cm³/mol. The number of hydrogen-bond donors (Lipinski definition) is 3. The van der Waals surface area contributed by atoms with Crippen LogP contribution >= 0.6 is 0 Å². The summed E-state index contributed by atoms with van der Waals surface area (Å²) < 4.78 is 27.6. The summed E-state index contributed by atoms with van der Waals surface area (Å²) >= 11 is 0. The molecule has 9 nitrogen and oxygen atoms in total. The lowest BCUT2D eigenvalue weighted by Crippen LogP contribution is -2.52. The van der Waals surface area contributed by atoms with E-state index in [-0.39, 0.29) is 16.9 Å². The molecule has 190 valence electrons. The van der Waals surface area contributed by atoms with Gasteiger partial charge in [0.05, 0.1) is 4.90 Å². The Balaban J connectivity index is 1.58. The lowest BCUT2D eigenvalue weighted by atomic mass is 10.0. The quantitative estimate of drug-likeness (QED) is 0.346. The molecular weight excluding hydrogens is 492 g/mol. The van der Waals surface area contributed by atoms with E-state index in [0.29, 0.717) is 16.6 Å². The zero-order chi connectivity index (χ0) is 26.6. The first-order valence-corrected chi connectivity index (χ1v) is 13.0. The van der Waals surface area contributed by atoms with E-state index in [2.05, 4.69) is 10.3 Å². The summed E-state index contributed by atoms with van der Waals surface area (Å²) in [7, 11) is -2.58. The number of benzene rings is 3. The highest BCUT2D eigenvalue weighted by molar-refractivity contribution is 7.90. The number of nitrogens with one attached hydrogen (secondary N) is 3. The third-order valence-corrected chi connectivity index (χ3v) is 7.43. The number of H-pyrrole nitrogens is 1. The van der Waals surface area contributed by atoms with Crippen LogP contribution in [0.3, 0.4) is 0 Å². The maximum Gasteiger partial charge on any atom is 0.329 e. The molecule has 4 rings (SSSR count). The molecule has 0 aliphatic heterocycles. The number of pyridine rings is 1. The fraction of sp³-hybridized carbons (Fsp3) is 0.148. The second-order valence-corrected chi connectivity index (χ2v) is 10.2.